The number of imidazole rings is 1. The molecule has 3 aromatic rings. The van der Waals surface area contributed by atoms with Crippen LogP contribution in [0.4, 0.5) is 0 Å². The average Bonchev–Trinajstić information content (AvgIpc) is 3.40. The van der Waals surface area contributed by atoms with Gasteiger partial charge in [-0.15, -0.1) is 0 Å². The van der Waals surface area contributed by atoms with Crippen LogP contribution in [0.2, 0.25) is 0 Å². The number of unbranched alkanes of at least 4 members (excludes halogenated alkanes) is 1. The SMILES string of the molecule is CC/C=C(\C)COc1ccc(-c2nc3ccc(OCCCN(CC)CC)cc3n2CCCC)c(OCCN(CC)CCC)c1. The van der Waals surface area contributed by atoms with E-state index in [0.29, 0.717) is 19.8 Å². The van der Waals surface area contributed by atoms with E-state index in [-0.39, 0.29) is 0 Å². The lowest BCUT2D eigenvalue weighted by Gasteiger charge is -2.21. The first-order valence-corrected chi connectivity index (χ1v) is 17.1. The van der Waals surface area contributed by atoms with Crippen LogP contribution in [-0.2, 0) is 6.54 Å². The highest BCUT2D eigenvalue weighted by atomic mass is 16.5. The molecule has 244 valence electrons. The molecular formula is C37H58N4O3. The highest BCUT2D eigenvalue weighted by Gasteiger charge is 2.19. The van der Waals surface area contributed by atoms with Gasteiger partial charge in [0.05, 0.1) is 23.2 Å². The number of allylic oxidation sites excluding steroid dienone is 1. The quantitative estimate of drug-likeness (QED) is 0.0845. The molecule has 0 aliphatic heterocycles. The molecule has 44 heavy (non-hydrogen) atoms. The van der Waals surface area contributed by atoms with Gasteiger partial charge in [0, 0.05) is 31.8 Å². The van der Waals surface area contributed by atoms with E-state index in [1.807, 2.05) is 18.2 Å². The molecule has 7 nitrogen and oxygen atoms in total. The van der Waals surface area contributed by atoms with E-state index in [1.54, 1.807) is 0 Å². The molecule has 0 saturated heterocycles. The van der Waals surface area contributed by atoms with Crippen LogP contribution < -0.4 is 14.2 Å². The Kier molecular flexibility index (Phi) is 15.6. The van der Waals surface area contributed by atoms with Gasteiger partial charge in [-0.2, -0.15) is 0 Å². The van der Waals surface area contributed by atoms with Crippen molar-refractivity contribution >= 4 is 11.0 Å². The average molecular weight is 607 g/mol. The van der Waals surface area contributed by atoms with Crippen LogP contribution in [0.25, 0.3) is 22.4 Å². The molecule has 2 aromatic carbocycles. The van der Waals surface area contributed by atoms with E-state index >= 15 is 0 Å². The van der Waals surface area contributed by atoms with Crippen LogP contribution in [0.3, 0.4) is 0 Å². The van der Waals surface area contributed by atoms with Crippen LogP contribution >= 0.6 is 0 Å². The Balaban J connectivity index is 1.93. The third-order valence-electron chi connectivity index (χ3n) is 8.10. The molecule has 0 amide bonds. The Morgan fingerprint density at radius 1 is 0.773 bits per heavy atom. The zero-order valence-electron chi connectivity index (χ0n) is 28.7. The second kappa shape index (κ2) is 19.4. The summed E-state index contributed by atoms with van der Waals surface area (Å²) in [5.41, 5.74) is 4.29. The minimum absolute atomic E-state index is 0.569. The van der Waals surface area contributed by atoms with Crippen molar-refractivity contribution in [3.05, 3.63) is 48.0 Å². The van der Waals surface area contributed by atoms with Crippen molar-refractivity contribution in [3.63, 3.8) is 0 Å². The van der Waals surface area contributed by atoms with Gasteiger partial charge < -0.3 is 28.6 Å². The first-order chi connectivity index (χ1) is 21.5. The van der Waals surface area contributed by atoms with Gasteiger partial charge >= 0.3 is 0 Å². The van der Waals surface area contributed by atoms with Crippen molar-refractivity contribution in [1.29, 1.82) is 0 Å². The summed E-state index contributed by atoms with van der Waals surface area (Å²) in [6.45, 7) is 24.3. The maximum absolute atomic E-state index is 6.53. The number of nitrogens with zero attached hydrogens (tertiary/aromatic N) is 4. The van der Waals surface area contributed by atoms with E-state index in [2.05, 4.69) is 87.1 Å². The van der Waals surface area contributed by atoms with Crippen LogP contribution in [0.15, 0.2) is 48.0 Å². The molecule has 0 aliphatic carbocycles. The van der Waals surface area contributed by atoms with Gasteiger partial charge in [0.2, 0.25) is 0 Å². The molecule has 7 heteroatoms. The van der Waals surface area contributed by atoms with E-state index in [9.17, 15) is 0 Å². The molecule has 3 rings (SSSR count). The van der Waals surface area contributed by atoms with Gasteiger partial charge in [0.1, 0.15) is 36.3 Å². The topological polar surface area (TPSA) is 52.0 Å². The lowest BCUT2D eigenvalue weighted by Crippen LogP contribution is -2.29. The molecular weight excluding hydrogens is 548 g/mol. The fourth-order valence-electron chi connectivity index (χ4n) is 5.49. The normalized spacial score (nSPS) is 12.1. The summed E-state index contributed by atoms with van der Waals surface area (Å²) in [4.78, 5) is 10.0. The van der Waals surface area contributed by atoms with Crippen LogP contribution in [-0.4, -0.2) is 78.4 Å². The molecule has 0 atom stereocenters. The minimum atomic E-state index is 0.569. The Morgan fingerprint density at radius 3 is 2.23 bits per heavy atom. The highest BCUT2D eigenvalue weighted by Crippen LogP contribution is 2.36. The number of rotatable bonds is 22. The van der Waals surface area contributed by atoms with Crippen molar-refractivity contribution in [2.24, 2.45) is 0 Å². The minimum Gasteiger partial charge on any atom is -0.493 e. The summed E-state index contributed by atoms with van der Waals surface area (Å²) in [6, 6.07) is 12.5. The molecule has 0 bridgehead atoms. The Bertz CT molecular complexity index is 1280. The largest absolute Gasteiger partial charge is 0.493 e. The van der Waals surface area contributed by atoms with Crippen LogP contribution in [0.5, 0.6) is 17.2 Å². The predicted octanol–water partition coefficient (Wildman–Crippen LogP) is 8.46. The van der Waals surface area contributed by atoms with Crippen molar-refractivity contribution in [1.82, 2.24) is 19.4 Å². The Morgan fingerprint density at radius 2 is 1.52 bits per heavy atom. The summed E-state index contributed by atoms with van der Waals surface area (Å²) in [5, 5.41) is 0. The highest BCUT2D eigenvalue weighted by molar-refractivity contribution is 5.83. The predicted molar refractivity (Wildman–Crippen MR) is 185 cm³/mol. The van der Waals surface area contributed by atoms with E-state index in [1.165, 1.54) is 5.57 Å². The van der Waals surface area contributed by atoms with Crippen LogP contribution in [0, 0.1) is 0 Å². The summed E-state index contributed by atoms with van der Waals surface area (Å²) >= 11 is 0. The maximum atomic E-state index is 6.53. The lowest BCUT2D eigenvalue weighted by molar-refractivity contribution is 0.215. The van der Waals surface area contributed by atoms with Crippen molar-refractivity contribution in [2.75, 3.05) is 59.1 Å². The number of ether oxygens (including phenoxy) is 3. The zero-order chi connectivity index (χ0) is 31.7. The lowest BCUT2D eigenvalue weighted by atomic mass is 10.1. The molecule has 0 spiro atoms. The summed E-state index contributed by atoms with van der Waals surface area (Å²) in [7, 11) is 0. The second-order valence-electron chi connectivity index (χ2n) is 11.5. The molecule has 1 aromatic heterocycles. The molecule has 0 radical (unpaired) electrons. The number of likely N-dealkylation sites (N-methyl/N-ethyl adjacent to an activating group) is 1. The summed E-state index contributed by atoms with van der Waals surface area (Å²) in [5.74, 6) is 3.45. The van der Waals surface area contributed by atoms with E-state index in [0.717, 1.165) is 118 Å². The maximum Gasteiger partial charge on any atom is 0.144 e. The smallest absolute Gasteiger partial charge is 0.144 e. The number of hydrogen-bond donors (Lipinski definition) is 0. The molecule has 0 saturated carbocycles. The van der Waals surface area contributed by atoms with Gasteiger partial charge in [-0.05, 0) is 88.6 Å². The van der Waals surface area contributed by atoms with E-state index < -0.39 is 0 Å². The van der Waals surface area contributed by atoms with Gasteiger partial charge in [0.15, 0.2) is 0 Å². The van der Waals surface area contributed by atoms with Crippen molar-refractivity contribution in [2.45, 2.75) is 87.1 Å². The number of fused-ring (bicyclic) bond motifs is 1. The van der Waals surface area contributed by atoms with Gasteiger partial charge in [-0.3, -0.25) is 0 Å². The number of aryl methyl sites for hydroxylation is 1. The fourth-order valence-corrected chi connectivity index (χ4v) is 5.49. The fraction of sp³-hybridized carbons (Fsp3) is 0.595. The molecule has 0 N–H and O–H groups in total. The Labute approximate surface area is 267 Å². The molecule has 1 heterocycles. The standard InChI is InChI=1S/C37H58N4O3/c1-8-14-23-41-35-27-31(42-25-15-22-39(11-4)12-5)18-20-34(35)38-37(41)33-19-17-32(44-29-30(7)16-9-2)28-36(33)43-26-24-40(13-6)21-10-3/h16-20,27-28H,8-15,21-26,29H2,1-7H3/b30-16+. The zero-order valence-corrected chi connectivity index (χ0v) is 28.7. The van der Waals surface area contributed by atoms with Gasteiger partial charge in [0.25, 0.3) is 0 Å². The van der Waals surface area contributed by atoms with Gasteiger partial charge in [-0.25, -0.2) is 4.98 Å². The third kappa shape index (κ3) is 10.6. The summed E-state index contributed by atoms with van der Waals surface area (Å²) < 4.78 is 21.3. The first kappa shape index (κ1) is 35.4. The van der Waals surface area contributed by atoms with Crippen LogP contribution in [0.1, 0.15) is 80.6 Å². The Hall–Kier alpha value is -3.03. The number of aromatic nitrogens is 2. The molecule has 0 fully saturated rings. The molecule has 0 aliphatic rings. The molecule has 0 unspecified atom stereocenters. The number of benzene rings is 2. The monoisotopic (exact) mass is 606 g/mol. The third-order valence-corrected chi connectivity index (χ3v) is 8.10. The number of hydrogen-bond acceptors (Lipinski definition) is 6. The van der Waals surface area contributed by atoms with Crippen molar-refractivity contribution < 1.29 is 14.2 Å². The van der Waals surface area contributed by atoms with E-state index in [4.69, 9.17) is 19.2 Å². The summed E-state index contributed by atoms with van der Waals surface area (Å²) in [6.07, 6.45) is 7.53. The van der Waals surface area contributed by atoms with Gasteiger partial charge in [-0.1, -0.05) is 54.0 Å². The van der Waals surface area contributed by atoms with Crippen molar-refractivity contribution in [3.8, 4) is 28.6 Å². The second-order valence-corrected chi connectivity index (χ2v) is 11.5. The first-order valence-electron chi connectivity index (χ1n) is 17.1.